The molecule has 1 aliphatic rings. The van der Waals surface area contributed by atoms with Crippen molar-refractivity contribution in [1.82, 2.24) is 15.1 Å². The molecule has 1 heterocycles. The summed E-state index contributed by atoms with van der Waals surface area (Å²) >= 11 is 0. The smallest absolute Gasteiger partial charge is 0.327 e. The largest absolute Gasteiger partial charge is 0.350 e. The molecule has 1 N–H and O–H groups in total. The van der Waals surface area contributed by atoms with E-state index in [0.29, 0.717) is 0 Å². The van der Waals surface area contributed by atoms with Crippen LogP contribution in [-0.4, -0.2) is 53.3 Å². The summed E-state index contributed by atoms with van der Waals surface area (Å²) in [5.41, 5.74) is -0.366. The molecule has 6 heteroatoms. The fourth-order valence-corrected chi connectivity index (χ4v) is 1.43. The van der Waals surface area contributed by atoms with E-state index in [1.54, 1.807) is 0 Å². The second kappa shape index (κ2) is 4.11. The van der Waals surface area contributed by atoms with Crippen LogP contribution < -0.4 is 5.32 Å². The molecule has 1 rings (SSSR count). The fourth-order valence-electron chi connectivity index (χ4n) is 1.43. The lowest BCUT2D eigenvalue weighted by atomic mass is 10.1. The first kappa shape index (κ1) is 12.5. The lowest BCUT2D eigenvalue weighted by molar-refractivity contribution is -0.131. The molecule has 0 radical (unpaired) electrons. The van der Waals surface area contributed by atoms with Crippen LogP contribution in [0, 0.1) is 0 Å². The topological polar surface area (TPSA) is 69.7 Å². The highest BCUT2D eigenvalue weighted by atomic mass is 16.2. The summed E-state index contributed by atoms with van der Waals surface area (Å²) in [6, 6.07) is -0.422. The van der Waals surface area contributed by atoms with Gasteiger partial charge in [0, 0.05) is 12.6 Å². The van der Waals surface area contributed by atoms with Crippen LogP contribution in [0.3, 0.4) is 0 Å². The van der Waals surface area contributed by atoms with Gasteiger partial charge in [0.2, 0.25) is 5.91 Å². The van der Waals surface area contributed by atoms with E-state index in [9.17, 15) is 14.4 Å². The lowest BCUT2D eigenvalue weighted by Gasteiger charge is -2.22. The minimum atomic E-state index is -0.422. The summed E-state index contributed by atoms with van der Waals surface area (Å²) in [5, 5.41) is 2.70. The Morgan fingerprint density at radius 1 is 1.38 bits per heavy atom. The molecule has 0 atom stereocenters. The molecule has 1 fully saturated rings. The van der Waals surface area contributed by atoms with Crippen LogP contribution in [0.4, 0.5) is 4.79 Å². The molecular weight excluding hydrogens is 210 g/mol. The van der Waals surface area contributed by atoms with Crippen LogP contribution in [0.1, 0.15) is 20.8 Å². The van der Waals surface area contributed by atoms with E-state index in [0.717, 1.165) is 4.90 Å². The highest BCUT2D eigenvalue weighted by Gasteiger charge is 2.35. The minimum Gasteiger partial charge on any atom is -0.350 e. The van der Waals surface area contributed by atoms with Gasteiger partial charge in [0.05, 0.1) is 0 Å². The van der Waals surface area contributed by atoms with Gasteiger partial charge in [0.1, 0.15) is 13.1 Å². The van der Waals surface area contributed by atoms with Crippen molar-refractivity contribution in [3.63, 3.8) is 0 Å². The first-order valence-corrected chi connectivity index (χ1v) is 5.07. The van der Waals surface area contributed by atoms with Gasteiger partial charge in [-0.2, -0.15) is 0 Å². The van der Waals surface area contributed by atoms with Crippen molar-refractivity contribution < 1.29 is 14.4 Å². The molecule has 0 saturated carbocycles. The van der Waals surface area contributed by atoms with Gasteiger partial charge in [-0.25, -0.2) is 4.79 Å². The molecule has 90 valence electrons. The Balaban J connectivity index is 2.58. The zero-order valence-corrected chi connectivity index (χ0v) is 10.0. The first-order valence-electron chi connectivity index (χ1n) is 5.07. The zero-order valence-electron chi connectivity index (χ0n) is 10.0. The maximum Gasteiger partial charge on any atom is 0.327 e. The van der Waals surface area contributed by atoms with Gasteiger partial charge in [-0.3, -0.25) is 14.5 Å². The number of likely N-dealkylation sites (N-methyl/N-ethyl adjacent to an activating group) is 1. The molecule has 0 aliphatic carbocycles. The number of hydrogen-bond acceptors (Lipinski definition) is 3. The number of nitrogens with one attached hydrogen (secondary N) is 1. The van der Waals surface area contributed by atoms with Crippen molar-refractivity contribution in [1.29, 1.82) is 0 Å². The quantitative estimate of drug-likeness (QED) is 0.664. The van der Waals surface area contributed by atoms with Crippen molar-refractivity contribution >= 4 is 17.8 Å². The number of hydrogen-bond donors (Lipinski definition) is 1. The van der Waals surface area contributed by atoms with Gasteiger partial charge in [-0.1, -0.05) is 0 Å². The monoisotopic (exact) mass is 227 g/mol. The Bertz CT molecular complexity index is 333. The average Bonchev–Trinajstić information content (AvgIpc) is 2.29. The summed E-state index contributed by atoms with van der Waals surface area (Å²) < 4.78 is 0. The highest BCUT2D eigenvalue weighted by molar-refractivity contribution is 6.04. The van der Waals surface area contributed by atoms with Crippen LogP contribution in [0.5, 0.6) is 0 Å². The third-order valence-corrected chi connectivity index (χ3v) is 2.05. The molecule has 4 amide bonds. The SMILES string of the molecule is CN1CC(=O)N(CC(=O)NC(C)(C)C)C1=O. The predicted molar refractivity (Wildman–Crippen MR) is 57.6 cm³/mol. The fraction of sp³-hybridized carbons (Fsp3) is 0.700. The standard InChI is InChI=1S/C10H17N3O3/c1-10(2,3)11-7(14)5-13-8(15)6-12(4)9(13)16/h5-6H2,1-4H3,(H,11,14). The summed E-state index contributed by atoms with van der Waals surface area (Å²) in [6.45, 7) is 5.35. The van der Waals surface area contributed by atoms with Crippen molar-refractivity contribution in [3.8, 4) is 0 Å². The second-order valence-electron chi connectivity index (χ2n) is 4.92. The predicted octanol–water partition coefficient (Wildman–Crippen LogP) is -0.205. The number of imide groups is 1. The molecule has 1 saturated heterocycles. The molecule has 6 nitrogen and oxygen atoms in total. The summed E-state index contributed by atoms with van der Waals surface area (Å²) in [4.78, 5) is 36.6. The molecule has 0 unspecified atom stereocenters. The molecule has 0 aromatic rings. The van der Waals surface area contributed by atoms with Crippen LogP contribution in [0.25, 0.3) is 0 Å². The van der Waals surface area contributed by atoms with E-state index in [1.807, 2.05) is 20.8 Å². The van der Waals surface area contributed by atoms with Crippen molar-refractivity contribution in [2.45, 2.75) is 26.3 Å². The van der Waals surface area contributed by atoms with Gasteiger partial charge < -0.3 is 10.2 Å². The Morgan fingerprint density at radius 3 is 2.31 bits per heavy atom. The Hall–Kier alpha value is -1.59. The minimum absolute atomic E-state index is 0.0433. The van der Waals surface area contributed by atoms with Crippen molar-refractivity contribution in [2.75, 3.05) is 20.1 Å². The van der Waals surface area contributed by atoms with E-state index >= 15 is 0 Å². The first-order chi connectivity index (χ1) is 7.20. The third-order valence-electron chi connectivity index (χ3n) is 2.05. The molecule has 0 aromatic carbocycles. The highest BCUT2D eigenvalue weighted by Crippen LogP contribution is 2.07. The number of amides is 4. The molecule has 16 heavy (non-hydrogen) atoms. The second-order valence-corrected chi connectivity index (χ2v) is 4.92. The number of carbonyl (C=O) groups excluding carboxylic acids is 3. The van der Waals surface area contributed by atoms with Crippen LogP contribution in [0.2, 0.25) is 0 Å². The lowest BCUT2D eigenvalue weighted by Crippen LogP contribution is -2.47. The average molecular weight is 227 g/mol. The zero-order chi connectivity index (χ0) is 12.5. The number of urea groups is 1. The van der Waals surface area contributed by atoms with Crippen molar-refractivity contribution in [2.24, 2.45) is 0 Å². The molecule has 1 aliphatic heterocycles. The number of rotatable bonds is 2. The Labute approximate surface area is 94.6 Å². The number of carbonyl (C=O) groups is 3. The van der Waals surface area contributed by atoms with E-state index in [4.69, 9.17) is 0 Å². The van der Waals surface area contributed by atoms with E-state index < -0.39 is 6.03 Å². The third kappa shape index (κ3) is 2.95. The summed E-state index contributed by atoms with van der Waals surface area (Å²) in [7, 11) is 1.53. The Kier molecular flexibility index (Phi) is 3.21. The molecule has 0 aromatic heterocycles. The van der Waals surface area contributed by atoms with Crippen LogP contribution >= 0.6 is 0 Å². The van der Waals surface area contributed by atoms with Gasteiger partial charge in [0.15, 0.2) is 0 Å². The van der Waals surface area contributed by atoms with E-state index in [2.05, 4.69) is 5.32 Å². The van der Waals surface area contributed by atoms with Crippen LogP contribution in [-0.2, 0) is 9.59 Å². The maximum absolute atomic E-state index is 11.5. The normalized spacial score (nSPS) is 17.0. The van der Waals surface area contributed by atoms with E-state index in [1.165, 1.54) is 11.9 Å². The summed E-state index contributed by atoms with van der Waals surface area (Å²) in [6.07, 6.45) is 0. The molecule has 0 bridgehead atoms. The van der Waals surface area contributed by atoms with Crippen molar-refractivity contribution in [3.05, 3.63) is 0 Å². The maximum atomic E-state index is 11.5. The number of nitrogens with zero attached hydrogens (tertiary/aromatic N) is 2. The van der Waals surface area contributed by atoms with Crippen LogP contribution in [0.15, 0.2) is 0 Å². The Morgan fingerprint density at radius 2 is 1.94 bits per heavy atom. The van der Waals surface area contributed by atoms with Gasteiger partial charge >= 0.3 is 6.03 Å². The van der Waals surface area contributed by atoms with Gasteiger partial charge in [0.25, 0.3) is 5.91 Å². The molecular formula is C10H17N3O3. The molecule has 0 spiro atoms. The van der Waals surface area contributed by atoms with E-state index in [-0.39, 0.29) is 30.4 Å². The summed E-state index contributed by atoms with van der Waals surface area (Å²) in [5.74, 6) is -0.666. The van der Waals surface area contributed by atoms with Gasteiger partial charge in [-0.15, -0.1) is 0 Å². The van der Waals surface area contributed by atoms with Gasteiger partial charge in [-0.05, 0) is 20.8 Å².